The number of imidazole rings is 1. The number of rotatable bonds is 11. The molecule has 5 atom stereocenters. The summed E-state index contributed by atoms with van der Waals surface area (Å²) < 4.78 is 30.0. The van der Waals surface area contributed by atoms with Crippen LogP contribution in [-0.2, 0) is 18.8 Å². The number of fused-ring (bicyclic) bond motifs is 1. The van der Waals surface area contributed by atoms with E-state index in [2.05, 4.69) is 20.3 Å². The van der Waals surface area contributed by atoms with Crippen LogP contribution < -0.4 is 5.32 Å². The van der Waals surface area contributed by atoms with Crippen LogP contribution in [0.1, 0.15) is 44.8 Å². The average Bonchev–Trinajstić information content (AvgIpc) is 3.19. The first-order valence-electron chi connectivity index (χ1n) is 12.1. The first-order valence-corrected chi connectivity index (χ1v) is 14.2. The highest BCUT2D eigenvalue weighted by Crippen LogP contribution is 2.43. The number of nitrogens with zero attached hydrogens (tertiary/aromatic N) is 4. The molecule has 15 heteroatoms. The van der Waals surface area contributed by atoms with Gasteiger partial charge in [-0.2, -0.15) is 9.97 Å². The smallest absolute Gasteiger partial charge is 0.356 e. The highest BCUT2D eigenvalue weighted by molar-refractivity contribution is 7.52. The Balaban J connectivity index is 1.28. The van der Waals surface area contributed by atoms with Crippen molar-refractivity contribution in [3.05, 3.63) is 11.6 Å². The minimum atomic E-state index is -4.63. The summed E-state index contributed by atoms with van der Waals surface area (Å²) in [5.41, 5.74) is 0.764. The van der Waals surface area contributed by atoms with Crippen LogP contribution in [0, 0.1) is 5.92 Å². The van der Waals surface area contributed by atoms with Gasteiger partial charge in [-0.15, -0.1) is 0 Å². The predicted octanol–water partition coefficient (Wildman–Crippen LogP) is 1.40. The van der Waals surface area contributed by atoms with E-state index in [-0.39, 0.29) is 24.5 Å². The van der Waals surface area contributed by atoms with E-state index < -0.39 is 38.0 Å². The van der Waals surface area contributed by atoms with Gasteiger partial charge in [0, 0.05) is 12.6 Å². The molecule has 2 aromatic heterocycles. The number of aliphatic hydroxyl groups is 2. The maximum Gasteiger partial charge on any atom is 0.356 e. The molecule has 0 spiro atoms. The Kier molecular flexibility index (Phi) is 7.83. The van der Waals surface area contributed by atoms with Gasteiger partial charge in [0.05, 0.1) is 19.5 Å². The van der Waals surface area contributed by atoms with E-state index in [1.807, 2.05) is 0 Å². The van der Waals surface area contributed by atoms with Crippen molar-refractivity contribution >= 4 is 36.2 Å². The third-order valence-electron chi connectivity index (χ3n) is 6.84. The normalized spacial score (nSPS) is 28.2. The summed E-state index contributed by atoms with van der Waals surface area (Å²) in [6, 6.07) is 0.260. The van der Waals surface area contributed by atoms with Crippen molar-refractivity contribution in [2.24, 2.45) is 5.92 Å². The van der Waals surface area contributed by atoms with Crippen LogP contribution in [0.5, 0.6) is 0 Å². The summed E-state index contributed by atoms with van der Waals surface area (Å²) in [5, 5.41) is 24.7. The fourth-order valence-electron chi connectivity index (χ4n) is 4.61. The van der Waals surface area contributed by atoms with E-state index in [1.54, 1.807) is 0 Å². The second kappa shape index (κ2) is 10.8. The lowest BCUT2D eigenvalue weighted by Gasteiger charge is -2.22. The maximum absolute atomic E-state index is 11.9. The summed E-state index contributed by atoms with van der Waals surface area (Å²) in [7, 11) is -4.63. The standard InChI is InChI=1S/C21H31ClN5O8P/c22-21-25-18(24-12-3-1-2-4-12)15-19(26-21)27(10-23-15)20-17(29)16(28)13(35-20)8-34-14(36(30,31)32)9-33-7-11-5-6-11/h10-14,16-17,20,28-29H,1-9H2,(H,24,25,26)(H2,30,31,32)/t13-,14?,16-,17-,20-/m1/s1. The van der Waals surface area contributed by atoms with Gasteiger partial charge in [-0.05, 0) is 43.2 Å². The first kappa shape index (κ1) is 26.2. The van der Waals surface area contributed by atoms with Crippen LogP contribution in [0.15, 0.2) is 6.33 Å². The number of aromatic nitrogens is 4. The van der Waals surface area contributed by atoms with Gasteiger partial charge in [-0.1, -0.05) is 12.8 Å². The van der Waals surface area contributed by atoms with Crippen molar-refractivity contribution < 1.29 is 38.8 Å². The molecule has 3 fully saturated rings. The third-order valence-corrected chi connectivity index (χ3v) is 8.06. The zero-order chi connectivity index (χ0) is 25.4. The Morgan fingerprint density at radius 1 is 1.17 bits per heavy atom. The number of halogens is 1. The minimum absolute atomic E-state index is 0.00616. The van der Waals surface area contributed by atoms with E-state index >= 15 is 0 Å². The molecule has 0 aromatic carbocycles. The van der Waals surface area contributed by atoms with Crippen LogP contribution in [0.2, 0.25) is 5.28 Å². The van der Waals surface area contributed by atoms with Crippen molar-refractivity contribution in [3.8, 4) is 0 Å². The molecule has 1 aliphatic heterocycles. The van der Waals surface area contributed by atoms with Crippen molar-refractivity contribution in [1.29, 1.82) is 0 Å². The largest absolute Gasteiger partial charge is 0.387 e. The van der Waals surface area contributed by atoms with Crippen LogP contribution in [0.3, 0.4) is 0 Å². The number of ether oxygens (including phenoxy) is 3. The lowest BCUT2D eigenvalue weighted by molar-refractivity contribution is -0.0821. The summed E-state index contributed by atoms with van der Waals surface area (Å²) >= 11 is 6.17. The van der Waals surface area contributed by atoms with Crippen LogP contribution in [-0.4, -0.2) is 89.5 Å². The molecule has 1 unspecified atom stereocenters. The summed E-state index contributed by atoms with van der Waals surface area (Å²) in [4.78, 5) is 32.2. The van der Waals surface area contributed by atoms with Crippen molar-refractivity contribution in [2.75, 3.05) is 25.1 Å². The van der Waals surface area contributed by atoms with E-state index in [1.165, 1.54) is 10.9 Å². The molecule has 2 saturated carbocycles. The number of anilines is 1. The fourth-order valence-corrected chi connectivity index (χ4v) is 5.35. The first-order chi connectivity index (χ1) is 17.2. The zero-order valence-electron chi connectivity index (χ0n) is 19.5. The van der Waals surface area contributed by atoms with Crippen LogP contribution >= 0.6 is 19.2 Å². The molecule has 2 aliphatic carbocycles. The molecule has 2 aromatic rings. The third kappa shape index (κ3) is 5.85. The van der Waals surface area contributed by atoms with E-state index in [9.17, 15) is 24.6 Å². The molecule has 0 amide bonds. The highest BCUT2D eigenvalue weighted by atomic mass is 35.5. The van der Waals surface area contributed by atoms with Gasteiger partial charge < -0.3 is 39.5 Å². The number of nitrogens with one attached hydrogen (secondary N) is 1. The lowest BCUT2D eigenvalue weighted by Crippen LogP contribution is -2.35. The van der Waals surface area contributed by atoms with Crippen LogP contribution in [0.4, 0.5) is 5.82 Å². The summed E-state index contributed by atoms with van der Waals surface area (Å²) in [5.74, 6) is -0.596. The molecule has 0 bridgehead atoms. The van der Waals surface area contributed by atoms with Gasteiger partial charge in [-0.25, -0.2) is 4.98 Å². The van der Waals surface area contributed by atoms with E-state index in [0.29, 0.717) is 29.5 Å². The zero-order valence-corrected chi connectivity index (χ0v) is 21.2. The molecule has 5 rings (SSSR count). The van der Waals surface area contributed by atoms with Crippen molar-refractivity contribution in [1.82, 2.24) is 19.5 Å². The molecular formula is C21H31ClN5O8P. The second-order valence-corrected chi connectivity index (χ2v) is 11.8. The number of hydrogen-bond donors (Lipinski definition) is 5. The maximum atomic E-state index is 11.9. The number of aliphatic hydroxyl groups excluding tert-OH is 2. The predicted molar refractivity (Wildman–Crippen MR) is 127 cm³/mol. The molecule has 200 valence electrons. The number of hydrogen-bond acceptors (Lipinski definition) is 10. The molecule has 0 radical (unpaired) electrons. The molecule has 5 N–H and O–H groups in total. The van der Waals surface area contributed by atoms with Gasteiger partial charge in [-0.3, -0.25) is 9.13 Å². The molecule has 1 saturated heterocycles. The minimum Gasteiger partial charge on any atom is -0.387 e. The Bertz CT molecular complexity index is 1110. The van der Waals surface area contributed by atoms with Crippen molar-refractivity contribution in [2.45, 2.75) is 75.0 Å². The van der Waals surface area contributed by atoms with Gasteiger partial charge in [0.1, 0.15) is 18.3 Å². The summed E-state index contributed by atoms with van der Waals surface area (Å²) in [6.45, 7) is -0.235. The van der Waals surface area contributed by atoms with E-state index in [4.69, 9.17) is 25.8 Å². The van der Waals surface area contributed by atoms with Crippen LogP contribution in [0.25, 0.3) is 11.2 Å². The van der Waals surface area contributed by atoms with Gasteiger partial charge >= 0.3 is 7.60 Å². The molecule has 13 nitrogen and oxygen atoms in total. The Labute approximate surface area is 212 Å². The van der Waals surface area contributed by atoms with Crippen molar-refractivity contribution in [3.63, 3.8) is 0 Å². The monoisotopic (exact) mass is 547 g/mol. The Morgan fingerprint density at radius 3 is 2.61 bits per heavy atom. The molecular weight excluding hydrogens is 517 g/mol. The molecule has 36 heavy (non-hydrogen) atoms. The SMILES string of the molecule is O=P(O)(O)C(COCC1CC1)OC[C@H]1O[C@@H](n2cnc3c(NC4CCCC4)nc(Cl)nc32)[C@H](O)[C@@H]1O. The lowest BCUT2D eigenvalue weighted by atomic mass is 10.1. The molecule has 3 heterocycles. The van der Waals surface area contributed by atoms with Gasteiger partial charge in [0.25, 0.3) is 0 Å². The van der Waals surface area contributed by atoms with Gasteiger partial charge in [0.15, 0.2) is 29.1 Å². The van der Waals surface area contributed by atoms with E-state index in [0.717, 1.165) is 38.5 Å². The quantitative estimate of drug-likeness (QED) is 0.202. The highest BCUT2D eigenvalue weighted by Gasteiger charge is 2.45. The Morgan fingerprint density at radius 2 is 1.92 bits per heavy atom. The average molecular weight is 548 g/mol. The topological polar surface area (TPSA) is 181 Å². The second-order valence-electron chi connectivity index (χ2n) is 9.70. The van der Waals surface area contributed by atoms with Gasteiger partial charge in [0.2, 0.25) is 5.28 Å². The summed E-state index contributed by atoms with van der Waals surface area (Å²) in [6.07, 6.45) is 2.90. The molecule has 3 aliphatic rings. The Hall–Kier alpha value is -1.41. The fraction of sp³-hybridized carbons (Fsp3) is 0.762.